The van der Waals surface area contributed by atoms with E-state index in [1.165, 1.54) is 6.07 Å². The smallest absolute Gasteiger partial charge is 0.357 e. The van der Waals surface area contributed by atoms with Crippen molar-refractivity contribution in [3.05, 3.63) is 47.9 Å². The molecule has 0 amide bonds. The van der Waals surface area contributed by atoms with Crippen molar-refractivity contribution >= 4 is 17.5 Å². The van der Waals surface area contributed by atoms with Gasteiger partial charge in [0.2, 0.25) is 0 Å². The van der Waals surface area contributed by atoms with Gasteiger partial charge < -0.3 is 4.57 Å². The Morgan fingerprint density at radius 1 is 1.35 bits per heavy atom. The standard InChI is InChI=1S/C13H11F3N2OS/c1-18-5-4-9(7-18)11(19)8-20-12-3-2-10(6-17-12)13(14,15)16/h2-7H,8H2,1H3. The first-order valence-corrected chi connectivity index (χ1v) is 6.66. The van der Waals surface area contributed by atoms with Gasteiger partial charge in [0.1, 0.15) is 0 Å². The van der Waals surface area contributed by atoms with E-state index in [0.29, 0.717) is 10.6 Å². The number of carbonyl (C=O) groups is 1. The predicted molar refractivity (Wildman–Crippen MR) is 69.7 cm³/mol. The van der Waals surface area contributed by atoms with Gasteiger partial charge in [-0.15, -0.1) is 0 Å². The molecule has 0 aliphatic rings. The number of Topliss-reactive ketones (excluding diaryl/α,β-unsaturated/α-hetero) is 1. The summed E-state index contributed by atoms with van der Waals surface area (Å²) in [5.74, 6) is 0.0554. The van der Waals surface area contributed by atoms with Crippen molar-refractivity contribution in [1.82, 2.24) is 9.55 Å². The van der Waals surface area contributed by atoms with Crippen LogP contribution in [0.5, 0.6) is 0 Å². The number of thioether (sulfide) groups is 1. The van der Waals surface area contributed by atoms with Crippen molar-refractivity contribution in [1.29, 1.82) is 0 Å². The van der Waals surface area contributed by atoms with Gasteiger partial charge >= 0.3 is 6.18 Å². The molecule has 0 unspecified atom stereocenters. The fraction of sp³-hybridized carbons (Fsp3) is 0.231. The van der Waals surface area contributed by atoms with Crippen molar-refractivity contribution in [2.75, 3.05) is 5.75 Å². The Morgan fingerprint density at radius 2 is 2.10 bits per heavy atom. The maximum Gasteiger partial charge on any atom is 0.417 e. The number of rotatable bonds is 4. The Morgan fingerprint density at radius 3 is 2.60 bits per heavy atom. The van der Waals surface area contributed by atoms with Crippen LogP contribution < -0.4 is 0 Å². The molecule has 0 aliphatic carbocycles. The predicted octanol–water partition coefficient (Wildman–Crippen LogP) is 3.41. The van der Waals surface area contributed by atoms with Crippen LogP contribution in [0.3, 0.4) is 0 Å². The highest BCUT2D eigenvalue weighted by Gasteiger charge is 2.30. The van der Waals surface area contributed by atoms with Gasteiger partial charge in [0, 0.05) is 31.2 Å². The molecule has 0 saturated heterocycles. The van der Waals surface area contributed by atoms with Gasteiger partial charge in [0.15, 0.2) is 5.78 Å². The summed E-state index contributed by atoms with van der Waals surface area (Å²) in [6, 6.07) is 3.93. The van der Waals surface area contributed by atoms with E-state index >= 15 is 0 Å². The van der Waals surface area contributed by atoms with Gasteiger partial charge in [0.05, 0.1) is 16.3 Å². The van der Waals surface area contributed by atoms with Crippen LogP contribution in [-0.2, 0) is 13.2 Å². The van der Waals surface area contributed by atoms with E-state index in [0.717, 1.165) is 24.0 Å². The molecule has 2 rings (SSSR count). The van der Waals surface area contributed by atoms with Gasteiger partial charge in [-0.2, -0.15) is 13.2 Å². The zero-order chi connectivity index (χ0) is 14.8. The maximum absolute atomic E-state index is 12.4. The molecule has 0 fully saturated rings. The zero-order valence-electron chi connectivity index (χ0n) is 10.5. The second kappa shape index (κ2) is 5.70. The Kier molecular flexibility index (Phi) is 4.17. The van der Waals surface area contributed by atoms with Crippen LogP contribution in [0.1, 0.15) is 15.9 Å². The summed E-state index contributed by atoms with van der Waals surface area (Å²) in [4.78, 5) is 15.5. The van der Waals surface area contributed by atoms with Gasteiger partial charge in [-0.05, 0) is 18.2 Å². The zero-order valence-corrected chi connectivity index (χ0v) is 11.3. The lowest BCUT2D eigenvalue weighted by Crippen LogP contribution is -2.05. The minimum Gasteiger partial charge on any atom is -0.357 e. The first kappa shape index (κ1) is 14.6. The molecule has 2 aromatic rings. The summed E-state index contributed by atoms with van der Waals surface area (Å²) < 4.78 is 38.8. The van der Waals surface area contributed by atoms with Crippen molar-refractivity contribution in [2.24, 2.45) is 7.05 Å². The van der Waals surface area contributed by atoms with Crippen LogP contribution in [0, 0.1) is 0 Å². The van der Waals surface area contributed by atoms with Crippen LogP contribution in [0.2, 0.25) is 0 Å². The lowest BCUT2D eigenvalue weighted by Gasteiger charge is -2.06. The number of aromatic nitrogens is 2. The van der Waals surface area contributed by atoms with Crippen LogP contribution in [0.25, 0.3) is 0 Å². The van der Waals surface area contributed by atoms with Crippen LogP contribution in [-0.4, -0.2) is 21.1 Å². The Hall–Kier alpha value is -1.76. The Balaban J connectivity index is 1.96. The number of halogens is 3. The SMILES string of the molecule is Cn1ccc(C(=O)CSc2ccc(C(F)(F)F)cn2)c1. The number of hydrogen-bond donors (Lipinski definition) is 0. The molecule has 0 N–H and O–H groups in total. The van der Waals surface area contributed by atoms with Crippen molar-refractivity contribution in [3.63, 3.8) is 0 Å². The number of alkyl halides is 3. The lowest BCUT2D eigenvalue weighted by molar-refractivity contribution is -0.137. The third-order valence-electron chi connectivity index (χ3n) is 2.57. The van der Waals surface area contributed by atoms with E-state index in [1.54, 1.807) is 30.1 Å². The van der Waals surface area contributed by atoms with Crippen LogP contribution >= 0.6 is 11.8 Å². The van der Waals surface area contributed by atoms with Gasteiger partial charge in [-0.25, -0.2) is 4.98 Å². The summed E-state index contributed by atoms with van der Waals surface area (Å²) in [6.45, 7) is 0. The van der Waals surface area contributed by atoms with E-state index in [9.17, 15) is 18.0 Å². The van der Waals surface area contributed by atoms with E-state index in [-0.39, 0.29) is 11.5 Å². The highest BCUT2D eigenvalue weighted by molar-refractivity contribution is 7.99. The molecule has 7 heteroatoms. The Bertz CT molecular complexity index is 605. The number of nitrogens with zero attached hydrogens (tertiary/aromatic N) is 2. The number of hydrogen-bond acceptors (Lipinski definition) is 3. The lowest BCUT2D eigenvalue weighted by atomic mass is 10.2. The number of pyridine rings is 1. The van der Waals surface area contributed by atoms with Gasteiger partial charge in [-0.1, -0.05) is 11.8 Å². The summed E-state index contributed by atoms with van der Waals surface area (Å²) >= 11 is 1.11. The van der Waals surface area contributed by atoms with Crippen LogP contribution in [0.4, 0.5) is 13.2 Å². The van der Waals surface area contributed by atoms with E-state index in [4.69, 9.17) is 0 Å². The number of ketones is 1. The van der Waals surface area contributed by atoms with Crippen molar-refractivity contribution in [3.8, 4) is 0 Å². The average Bonchev–Trinajstić information content (AvgIpc) is 2.82. The fourth-order valence-electron chi connectivity index (χ4n) is 1.52. The van der Waals surface area contributed by atoms with E-state index in [1.807, 2.05) is 0 Å². The van der Waals surface area contributed by atoms with E-state index < -0.39 is 11.7 Å². The summed E-state index contributed by atoms with van der Waals surface area (Å²) in [5.41, 5.74) is -0.219. The molecule has 3 nitrogen and oxygen atoms in total. The molecule has 20 heavy (non-hydrogen) atoms. The molecule has 0 aliphatic heterocycles. The second-order valence-electron chi connectivity index (χ2n) is 4.16. The van der Waals surface area contributed by atoms with Crippen molar-refractivity contribution in [2.45, 2.75) is 11.2 Å². The Labute approximate surface area is 117 Å². The summed E-state index contributed by atoms with van der Waals surface area (Å²) in [6.07, 6.45) is -0.164. The summed E-state index contributed by atoms with van der Waals surface area (Å²) in [5, 5.41) is 0.391. The molecular weight excluding hydrogens is 289 g/mol. The monoisotopic (exact) mass is 300 g/mol. The average molecular weight is 300 g/mol. The fourth-order valence-corrected chi connectivity index (χ4v) is 2.26. The molecule has 0 spiro atoms. The minimum atomic E-state index is -4.39. The minimum absolute atomic E-state index is 0.0858. The quantitative estimate of drug-likeness (QED) is 0.641. The molecule has 2 aromatic heterocycles. The second-order valence-corrected chi connectivity index (χ2v) is 5.16. The maximum atomic E-state index is 12.4. The molecule has 0 bridgehead atoms. The largest absolute Gasteiger partial charge is 0.417 e. The normalized spacial score (nSPS) is 11.6. The first-order chi connectivity index (χ1) is 9.36. The molecular formula is C13H11F3N2OS. The third-order valence-corrected chi connectivity index (χ3v) is 3.51. The van der Waals surface area contributed by atoms with E-state index in [2.05, 4.69) is 4.98 Å². The number of carbonyl (C=O) groups excluding carboxylic acids is 1. The first-order valence-electron chi connectivity index (χ1n) is 5.67. The molecule has 0 aromatic carbocycles. The molecule has 0 atom stereocenters. The van der Waals surface area contributed by atoms with Crippen LogP contribution in [0.15, 0.2) is 41.8 Å². The highest BCUT2D eigenvalue weighted by Crippen LogP contribution is 2.29. The third kappa shape index (κ3) is 3.63. The molecule has 106 valence electrons. The highest BCUT2D eigenvalue weighted by atomic mass is 32.2. The van der Waals surface area contributed by atoms with Gasteiger partial charge in [0.25, 0.3) is 0 Å². The molecule has 2 heterocycles. The van der Waals surface area contributed by atoms with Crippen molar-refractivity contribution < 1.29 is 18.0 Å². The molecule has 0 radical (unpaired) electrons. The number of aryl methyl sites for hydroxylation is 1. The van der Waals surface area contributed by atoms with Gasteiger partial charge in [-0.3, -0.25) is 4.79 Å². The summed E-state index contributed by atoms with van der Waals surface area (Å²) in [7, 11) is 1.81. The topological polar surface area (TPSA) is 34.9 Å². The molecule has 0 saturated carbocycles.